The number of fused-ring (bicyclic) bond motifs is 1. The molecule has 158 valence electrons. The van der Waals surface area contributed by atoms with Crippen LogP contribution >= 0.6 is 0 Å². The molecular weight excluding hydrogens is 404 g/mol. The van der Waals surface area contributed by atoms with E-state index in [2.05, 4.69) is 10.3 Å². The molecule has 0 aliphatic carbocycles. The number of benzene rings is 2. The number of pyridine rings is 1. The molecule has 31 heavy (non-hydrogen) atoms. The van der Waals surface area contributed by atoms with Crippen molar-refractivity contribution in [1.29, 1.82) is 0 Å². The third-order valence-corrected chi connectivity index (χ3v) is 5.21. The number of nitrogens with one attached hydrogen (secondary N) is 1. The normalized spacial score (nSPS) is 15.1. The van der Waals surface area contributed by atoms with Crippen molar-refractivity contribution in [3.05, 3.63) is 89.1 Å². The Kier molecular flexibility index (Phi) is 5.62. The Hall–Kier alpha value is -3.81. The third kappa shape index (κ3) is 4.23. The lowest BCUT2D eigenvalue weighted by atomic mass is 9.99. The number of hydrogen-bond acceptors (Lipinski definition) is 4. The van der Waals surface area contributed by atoms with Gasteiger partial charge in [-0.15, -0.1) is 0 Å². The minimum Gasteiger partial charge on any atom is -0.504 e. The molecule has 1 aliphatic rings. The molecule has 0 spiro atoms. The predicted molar refractivity (Wildman–Crippen MR) is 109 cm³/mol. The van der Waals surface area contributed by atoms with Crippen LogP contribution in [0.25, 0.3) is 0 Å². The Bertz CT molecular complexity index is 1140. The van der Waals surface area contributed by atoms with Gasteiger partial charge in [-0.3, -0.25) is 9.59 Å². The molecule has 2 heterocycles. The van der Waals surface area contributed by atoms with E-state index in [9.17, 15) is 23.5 Å². The highest BCUT2D eigenvalue weighted by molar-refractivity contribution is 5.99. The molecule has 2 N–H and O–H groups in total. The van der Waals surface area contributed by atoms with Crippen LogP contribution in [0.2, 0.25) is 0 Å². The fourth-order valence-electron chi connectivity index (χ4n) is 3.74. The molecule has 4 rings (SSSR count). The summed E-state index contributed by atoms with van der Waals surface area (Å²) >= 11 is 0. The minimum absolute atomic E-state index is 0.0261. The van der Waals surface area contributed by atoms with Gasteiger partial charge in [-0.05, 0) is 48.4 Å². The van der Waals surface area contributed by atoms with Crippen molar-refractivity contribution in [1.82, 2.24) is 9.88 Å². The van der Waals surface area contributed by atoms with Crippen LogP contribution in [0.4, 0.5) is 14.6 Å². The van der Waals surface area contributed by atoms with Gasteiger partial charge < -0.3 is 15.3 Å². The molecule has 0 fully saturated rings. The summed E-state index contributed by atoms with van der Waals surface area (Å²) in [7, 11) is 0. The molecular formula is C23H19F2N3O3. The zero-order chi connectivity index (χ0) is 22.0. The van der Waals surface area contributed by atoms with Gasteiger partial charge >= 0.3 is 0 Å². The number of halogens is 2. The summed E-state index contributed by atoms with van der Waals surface area (Å²) in [4.78, 5) is 30.7. The van der Waals surface area contributed by atoms with Crippen LogP contribution in [-0.4, -0.2) is 26.8 Å². The molecule has 1 atom stereocenters. The van der Waals surface area contributed by atoms with E-state index in [1.807, 2.05) is 0 Å². The van der Waals surface area contributed by atoms with E-state index in [0.717, 1.165) is 0 Å². The highest BCUT2D eigenvalue weighted by atomic mass is 19.1. The summed E-state index contributed by atoms with van der Waals surface area (Å²) in [5.41, 5.74) is 1.20. The van der Waals surface area contributed by atoms with E-state index >= 15 is 0 Å². The monoisotopic (exact) mass is 423 g/mol. The molecule has 3 aromatic rings. The van der Waals surface area contributed by atoms with Crippen molar-refractivity contribution in [2.75, 3.05) is 5.32 Å². The number of nitrogens with zero attached hydrogens (tertiary/aromatic N) is 2. The average molecular weight is 423 g/mol. The average Bonchev–Trinajstić information content (AvgIpc) is 3.02. The number of carbonyl (C=O) groups excluding carboxylic acids is 2. The van der Waals surface area contributed by atoms with Crippen molar-refractivity contribution < 1.29 is 23.5 Å². The molecule has 1 unspecified atom stereocenters. The van der Waals surface area contributed by atoms with Crippen molar-refractivity contribution in [3.8, 4) is 5.75 Å². The fourth-order valence-corrected chi connectivity index (χ4v) is 3.74. The standard InChI is InChI=1S/C23H19F2N3O3/c24-15-8-6-14(7-9-15)13-28-18(21-16(23(28)31)3-1-4-17(21)25)10-11-20(30)27-22-19(29)5-2-12-26-22/h1-9,12,18,29H,10-11,13H2,(H,26,27,30). The molecule has 1 aliphatic heterocycles. The Morgan fingerprint density at radius 3 is 2.61 bits per heavy atom. The van der Waals surface area contributed by atoms with Crippen LogP contribution in [0.15, 0.2) is 60.8 Å². The van der Waals surface area contributed by atoms with E-state index in [4.69, 9.17) is 0 Å². The summed E-state index contributed by atoms with van der Waals surface area (Å²) in [5.74, 6) is -1.80. The van der Waals surface area contributed by atoms with Gasteiger partial charge in [-0.1, -0.05) is 18.2 Å². The number of rotatable bonds is 6. The second kappa shape index (κ2) is 8.51. The van der Waals surface area contributed by atoms with Crippen LogP contribution in [0.5, 0.6) is 5.75 Å². The number of anilines is 1. The molecule has 1 aromatic heterocycles. The Morgan fingerprint density at radius 1 is 1.10 bits per heavy atom. The van der Waals surface area contributed by atoms with Crippen molar-refractivity contribution in [2.45, 2.75) is 25.4 Å². The number of aromatic hydroxyl groups is 1. The smallest absolute Gasteiger partial charge is 0.255 e. The number of aromatic nitrogens is 1. The van der Waals surface area contributed by atoms with Gasteiger partial charge in [0.05, 0.1) is 6.04 Å². The van der Waals surface area contributed by atoms with Gasteiger partial charge in [0.15, 0.2) is 11.6 Å². The molecule has 0 saturated heterocycles. The summed E-state index contributed by atoms with van der Waals surface area (Å²) in [6.45, 7) is 0.153. The summed E-state index contributed by atoms with van der Waals surface area (Å²) in [6, 6.07) is 12.3. The van der Waals surface area contributed by atoms with E-state index in [0.29, 0.717) is 5.56 Å². The maximum atomic E-state index is 14.6. The van der Waals surface area contributed by atoms with Crippen molar-refractivity contribution in [2.24, 2.45) is 0 Å². The first-order valence-electron chi connectivity index (χ1n) is 9.71. The predicted octanol–water partition coefficient (Wildman–Crippen LogP) is 4.18. The highest BCUT2D eigenvalue weighted by Gasteiger charge is 2.38. The first-order chi connectivity index (χ1) is 14.9. The lowest BCUT2D eigenvalue weighted by molar-refractivity contribution is -0.116. The van der Waals surface area contributed by atoms with E-state index < -0.39 is 23.6 Å². The van der Waals surface area contributed by atoms with Crippen molar-refractivity contribution >= 4 is 17.6 Å². The van der Waals surface area contributed by atoms with Gasteiger partial charge in [0.1, 0.15) is 11.6 Å². The van der Waals surface area contributed by atoms with Crippen LogP contribution in [-0.2, 0) is 11.3 Å². The molecule has 2 aromatic carbocycles. The maximum Gasteiger partial charge on any atom is 0.255 e. The molecule has 2 amide bonds. The first-order valence-corrected chi connectivity index (χ1v) is 9.71. The first kappa shape index (κ1) is 20.5. The van der Waals surface area contributed by atoms with Crippen LogP contribution in [0.3, 0.4) is 0 Å². The van der Waals surface area contributed by atoms with Crippen LogP contribution in [0.1, 0.15) is 40.4 Å². The summed E-state index contributed by atoms with van der Waals surface area (Å²) in [6.07, 6.45) is 1.57. The second-order valence-corrected chi connectivity index (χ2v) is 7.23. The number of amides is 2. The maximum absolute atomic E-state index is 14.6. The molecule has 0 radical (unpaired) electrons. The SMILES string of the molecule is O=C(CCC1c2c(F)cccc2C(=O)N1Cc1ccc(F)cc1)Nc1ncccc1O. The van der Waals surface area contributed by atoms with E-state index in [-0.39, 0.29) is 48.0 Å². The Labute approximate surface area is 177 Å². The topological polar surface area (TPSA) is 82.5 Å². The van der Waals surface area contributed by atoms with E-state index in [1.54, 1.807) is 18.2 Å². The Balaban J connectivity index is 1.54. The summed E-state index contributed by atoms with van der Waals surface area (Å²) < 4.78 is 27.9. The van der Waals surface area contributed by atoms with Crippen molar-refractivity contribution in [3.63, 3.8) is 0 Å². The lowest BCUT2D eigenvalue weighted by Crippen LogP contribution is -2.28. The quantitative estimate of drug-likeness (QED) is 0.623. The third-order valence-electron chi connectivity index (χ3n) is 5.21. The lowest BCUT2D eigenvalue weighted by Gasteiger charge is -2.25. The largest absolute Gasteiger partial charge is 0.504 e. The van der Waals surface area contributed by atoms with Crippen LogP contribution < -0.4 is 5.32 Å². The molecule has 0 bridgehead atoms. The number of hydrogen-bond donors (Lipinski definition) is 2. The molecule has 8 heteroatoms. The van der Waals surface area contributed by atoms with Crippen LogP contribution in [0, 0.1) is 11.6 Å². The van der Waals surface area contributed by atoms with Gasteiger partial charge in [0.25, 0.3) is 5.91 Å². The van der Waals surface area contributed by atoms with E-state index in [1.165, 1.54) is 47.5 Å². The highest BCUT2D eigenvalue weighted by Crippen LogP contribution is 2.39. The van der Waals surface area contributed by atoms with Gasteiger partial charge in [0, 0.05) is 30.3 Å². The Morgan fingerprint density at radius 2 is 1.87 bits per heavy atom. The van der Waals surface area contributed by atoms with Gasteiger partial charge in [-0.2, -0.15) is 0 Å². The zero-order valence-corrected chi connectivity index (χ0v) is 16.4. The summed E-state index contributed by atoms with van der Waals surface area (Å²) in [5, 5.41) is 12.3. The van der Waals surface area contributed by atoms with Gasteiger partial charge in [-0.25, -0.2) is 13.8 Å². The molecule has 0 saturated carbocycles. The fraction of sp³-hybridized carbons (Fsp3) is 0.174. The minimum atomic E-state index is -0.656. The second-order valence-electron chi connectivity index (χ2n) is 7.23. The van der Waals surface area contributed by atoms with Gasteiger partial charge in [0.2, 0.25) is 5.91 Å². The zero-order valence-electron chi connectivity index (χ0n) is 16.4. The molecule has 6 nitrogen and oxygen atoms in total. The number of carbonyl (C=O) groups is 2.